The lowest BCUT2D eigenvalue weighted by Gasteiger charge is -2.19. The first-order valence-corrected chi connectivity index (χ1v) is 9.75. The van der Waals surface area contributed by atoms with E-state index in [0.717, 1.165) is 36.3 Å². The molecule has 23 heavy (non-hydrogen) atoms. The molecule has 0 saturated carbocycles. The fourth-order valence-electron chi connectivity index (χ4n) is 3.03. The molecule has 1 aliphatic rings. The summed E-state index contributed by atoms with van der Waals surface area (Å²) in [5, 5.41) is 2.66. The standard InChI is InChI=1S/C18H18N2OS2/c21-18(14-12-15-4-1-2-7-20(15)13-14)19-8-6-17(23-11-9-19)16-5-3-10-22-16/h1-5,7,10,12-13,17H,6,8-9,11H2/t17-/m1/s1. The lowest BCUT2D eigenvalue weighted by Crippen LogP contribution is -2.32. The van der Waals surface area contributed by atoms with E-state index < -0.39 is 0 Å². The topological polar surface area (TPSA) is 24.7 Å². The van der Waals surface area contributed by atoms with Gasteiger partial charge in [-0.05, 0) is 36.1 Å². The van der Waals surface area contributed by atoms with E-state index in [-0.39, 0.29) is 5.91 Å². The van der Waals surface area contributed by atoms with Crippen molar-refractivity contribution in [3.63, 3.8) is 0 Å². The van der Waals surface area contributed by atoms with Crippen LogP contribution in [0.15, 0.2) is 54.2 Å². The number of fused-ring (bicyclic) bond motifs is 1. The Morgan fingerprint density at radius 2 is 2.13 bits per heavy atom. The fraction of sp³-hybridized carbons (Fsp3) is 0.278. The zero-order valence-electron chi connectivity index (χ0n) is 12.7. The minimum Gasteiger partial charge on any atom is -0.338 e. The molecule has 0 spiro atoms. The minimum atomic E-state index is 0.154. The molecule has 1 saturated heterocycles. The summed E-state index contributed by atoms with van der Waals surface area (Å²) in [6, 6.07) is 12.3. The van der Waals surface area contributed by atoms with Crippen LogP contribution in [0.4, 0.5) is 0 Å². The quantitative estimate of drug-likeness (QED) is 0.693. The van der Waals surface area contributed by atoms with E-state index in [1.807, 2.05) is 69.1 Å². The van der Waals surface area contributed by atoms with Crippen LogP contribution in [0.5, 0.6) is 0 Å². The molecule has 3 aromatic heterocycles. The first kappa shape index (κ1) is 14.8. The van der Waals surface area contributed by atoms with Gasteiger partial charge in [-0.25, -0.2) is 0 Å². The summed E-state index contributed by atoms with van der Waals surface area (Å²) in [7, 11) is 0. The molecular formula is C18H18N2OS2. The Labute approximate surface area is 143 Å². The molecule has 1 atom stereocenters. The van der Waals surface area contributed by atoms with E-state index in [4.69, 9.17) is 0 Å². The lowest BCUT2D eigenvalue weighted by atomic mass is 10.2. The number of hydrogen-bond acceptors (Lipinski definition) is 3. The third-order valence-electron chi connectivity index (χ3n) is 4.24. The Kier molecular flexibility index (Phi) is 4.14. The van der Waals surface area contributed by atoms with Gasteiger partial charge in [-0.15, -0.1) is 11.3 Å². The predicted molar refractivity (Wildman–Crippen MR) is 97.4 cm³/mol. The molecule has 0 bridgehead atoms. The smallest absolute Gasteiger partial charge is 0.255 e. The van der Waals surface area contributed by atoms with Crippen molar-refractivity contribution in [2.45, 2.75) is 11.7 Å². The van der Waals surface area contributed by atoms with Crippen LogP contribution in [0.3, 0.4) is 0 Å². The summed E-state index contributed by atoms with van der Waals surface area (Å²) in [4.78, 5) is 16.3. The van der Waals surface area contributed by atoms with Crippen molar-refractivity contribution >= 4 is 34.5 Å². The van der Waals surface area contributed by atoms with Gasteiger partial charge >= 0.3 is 0 Å². The number of nitrogens with zero attached hydrogens (tertiary/aromatic N) is 2. The molecule has 1 aliphatic heterocycles. The van der Waals surface area contributed by atoms with Crippen molar-refractivity contribution in [1.82, 2.24) is 9.30 Å². The molecule has 1 fully saturated rings. The Hall–Kier alpha value is -1.72. The maximum Gasteiger partial charge on any atom is 0.255 e. The number of carbonyl (C=O) groups excluding carboxylic acids is 1. The van der Waals surface area contributed by atoms with Crippen LogP contribution in [0, 0.1) is 0 Å². The van der Waals surface area contributed by atoms with Crippen molar-refractivity contribution in [3.8, 4) is 0 Å². The highest BCUT2D eigenvalue weighted by Gasteiger charge is 2.23. The van der Waals surface area contributed by atoms with Crippen molar-refractivity contribution < 1.29 is 4.79 Å². The highest BCUT2D eigenvalue weighted by Crippen LogP contribution is 2.36. The summed E-state index contributed by atoms with van der Waals surface area (Å²) in [6.07, 6.45) is 4.95. The van der Waals surface area contributed by atoms with Gasteiger partial charge in [-0.3, -0.25) is 4.79 Å². The van der Waals surface area contributed by atoms with Crippen LogP contribution in [-0.4, -0.2) is 34.1 Å². The lowest BCUT2D eigenvalue weighted by molar-refractivity contribution is 0.0767. The van der Waals surface area contributed by atoms with Gasteiger partial charge in [0.15, 0.2) is 0 Å². The maximum absolute atomic E-state index is 12.8. The largest absolute Gasteiger partial charge is 0.338 e. The molecule has 0 unspecified atom stereocenters. The Morgan fingerprint density at radius 3 is 2.96 bits per heavy atom. The van der Waals surface area contributed by atoms with Crippen molar-refractivity contribution in [2.24, 2.45) is 0 Å². The van der Waals surface area contributed by atoms with Gasteiger partial charge in [0.05, 0.1) is 5.56 Å². The molecule has 0 radical (unpaired) electrons. The number of amides is 1. The highest BCUT2D eigenvalue weighted by atomic mass is 32.2. The van der Waals surface area contributed by atoms with Gasteiger partial charge in [0.25, 0.3) is 5.91 Å². The Bertz CT molecular complexity index is 776. The average molecular weight is 342 g/mol. The van der Waals surface area contributed by atoms with E-state index in [1.54, 1.807) is 0 Å². The molecule has 0 aliphatic carbocycles. The molecule has 0 aromatic carbocycles. The van der Waals surface area contributed by atoms with Gasteiger partial charge in [0.2, 0.25) is 0 Å². The fourth-order valence-corrected chi connectivity index (χ4v) is 5.27. The number of thiophene rings is 1. The molecule has 3 nitrogen and oxygen atoms in total. The van der Waals surface area contributed by atoms with Gasteiger partial charge in [0, 0.05) is 46.9 Å². The second-order valence-corrected chi connectivity index (χ2v) is 8.01. The zero-order chi connectivity index (χ0) is 15.6. The molecule has 3 aromatic rings. The van der Waals surface area contributed by atoms with E-state index in [9.17, 15) is 4.79 Å². The van der Waals surface area contributed by atoms with E-state index in [1.165, 1.54) is 4.88 Å². The third-order valence-corrected chi connectivity index (χ3v) is 6.69. The van der Waals surface area contributed by atoms with E-state index in [0.29, 0.717) is 5.25 Å². The van der Waals surface area contributed by atoms with Gasteiger partial charge < -0.3 is 9.30 Å². The first-order valence-electron chi connectivity index (χ1n) is 7.82. The van der Waals surface area contributed by atoms with Crippen LogP contribution in [0.1, 0.15) is 26.9 Å². The number of thioether (sulfide) groups is 1. The van der Waals surface area contributed by atoms with Crippen LogP contribution >= 0.6 is 23.1 Å². The molecular weight excluding hydrogens is 324 g/mol. The number of hydrogen-bond donors (Lipinski definition) is 0. The van der Waals surface area contributed by atoms with Gasteiger partial charge in [0.1, 0.15) is 0 Å². The normalized spacial score (nSPS) is 19.0. The molecule has 1 amide bonds. The summed E-state index contributed by atoms with van der Waals surface area (Å²) >= 11 is 3.79. The highest BCUT2D eigenvalue weighted by molar-refractivity contribution is 7.99. The summed E-state index contributed by atoms with van der Waals surface area (Å²) in [6.45, 7) is 1.66. The SMILES string of the molecule is O=C(c1cc2ccccn2c1)N1CCS[C@@H](c2cccs2)CC1. The van der Waals surface area contributed by atoms with Crippen molar-refractivity contribution in [1.29, 1.82) is 0 Å². The van der Waals surface area contributed by atoms with Crippen LogP contribution in [0.2, 0.25) is 0 Å². The Morgan fingerprint density at radius 1 is 1.17 bits per heavy atom. The summed E-state index contributed by atoms with van der Waals surface area (Å²) < 4.78 is 2.01. The molecule has 4 heterocycles. The number of aromatic nitrogens is 1. The molecule has 5 heteroatoms. The summed E-state index contributed by atoms with van der Waals surface area (Å²) in [5.41, 5.74) is 1.85. The number of carbonyl (C=O) groups is 1. The molecule has 0 N–H and O–H groups in total. The van der Waals surface area contributed by atoms with Crippen LogP contribution in [0.25, 0.3) is 5.52 Å². The predicted octanol–water partition coefficient (Wildman–Crippen LogP) is 4.32. The van der Waals surface area contributed by atoms with Crippen molar-refractivity contribution in [2.75, 3.05) is 18.8 Å². The molecule has 118 valence electrons. The zero-order valence-corrected chi connectivity index (χ0v) is 14.4. The van der Waals surface area contributed by atoms with Gasteiger partial charge in [-0.1, -0.05) is 12.1 Å². The van der Waals surface area contributed by atoms with E-state index >= 15 is 0 Å². The first-order chi connectivity index (χ1) is 11.3. The summed E-state index contributed by atoms with van der Waals surface area (Å²) in [5.74, 6) is 1.16. The second-order valence-electron chi connectivity index (χ2n) is 5.72. The van der Waals surface area contributed by atoms with Gasteiger partial charge in [-0.2, -0.15) is 11.8 Å². The monoisotopic (exact) mass is 342 g/mol. The number of rotatable bonds is 2. The number of pyridine rings is 1. The third kappa shape index (κ3) is 3.03. The maximum atomic E-state index is 12.8. The van der Waals surface area contributed by atoms with Crippen molar-refractivity contribution in [3.05, 3.63) is 64.6 Å². The Balaban J connectivity index is 1.50. The van der Waals surface area contributed by atoms with E-state index in [2.05, 4.69) is 17.5 Å². The van der Waals surface area contributed by atoms with Crippen LogP contribution in [-0.2, 0) is 0 Å². The average Bonchev–Trinajstić information content (AvgIpc) is 3.19. The second kappa shape index (κ2) is 6.42. The van der Waals surface area contributed by atoms with Crippen LogP contribution < -0.4 is 0 Å². The molecule has 4 rings (SSSR count). The minimum absolute atomic E-state index is 0.154.